The monoisotopic (exact) mass is 347 g/mol. The molecule has 1 aromatic rings. The zero-order chi connectivity index (χ0) is 18.4. The Kier molecular flexibility index (Phi) is 6.45. The largest absolute Gasteiger partial charge is 0.496 e. The van der Waals surface area contributed by atoms with Gasteiger partial charge in [0.05, 0.1) is 20.6 Å². The lowest BCUT2D eigenvalue weighted by Gasteiger charge is -2.31. The summed E-state index contributed by atoms with van der Waals surface area (Å²) < 4.78 is 10.4. The second kappa shape index (κ2) is 8.37. The SMILES string of the molecule is COC(=O)C1(NC(=O)Cc2c(C)cc(C)cc2OC)CCCCCC1. The van der Waals surface area contributed by atoms with Crippen LogP contribution < -0.4 is 10.1 Å². The first-order valence-electron chi connectivity index (χ1n) is 8.95. The van der Waals surface area contributed by atoms with E-state index in [0.29, 0.717) is 18.6 Å². The number of rotatable bonds is 5. The maximum atomic E-state index is 12.7. The fraction of sp³-hybridized carbons (Fsp3) is 0.600. The highest BCUT2D eigenvalue weighted by Gasteiger charge is 2.41. The van der Waals surface area contributed by atoms with Gasteiger partial charge in [-0.3, -0.25) is 4.79 Å². The Morgan fingerprint density at radius 3 is 2.28 bits per heavy atom. The van der Waals surface area contributed by atoms with E-state index in [2.05, 4.69) is 5.32 Å². The van der Waals surface area contributed by atoms with Crippen LogP contribution in [-0.4, -0.2) is 31.6 Å². The van der Waals surface area contributed by atoms with Crippen LogP contribution in [0.2, 0.25) is 0 Å². The zero-order valence-corrected chi connectivity index (χ0v) is 15.7. The van der Waals surface area contributed by atoms with E-state index in [4.69, 9.17) is 9.47 Å². The van der Waals surface area contributed by atoms with Crippen molar-refractivity contribution in [2.75, 3.05) is 14.2 Å². The molecule has 1 fully saturated rings. The molecule has 0 aromatic heterocycles. The van der Waals surface area contributed by atoms with Crippen molar-refractivity contribution in [1.29, 1.82) is 0 Å². The fourth-order valence-electron chi connectivity index (χ4n) is 3.75. The molecule has 0 saturated heterocycles. The van der Waals surface area contributed by atoms with Gasteiger partial charge in [-0.25, -0.2) is 4.79 Å². The number of aryl methyl sites for hydroxylation is 2. The smallest absolute Gasteiger partial charge is 0.331 e. The van der Waals surface area contributed by atoms with Crippen molar-refractivity contribution in [3.63, 3.8) is 0 Å². The van der Waals surface area contributed by atoms with Crippen LogP contribution in [0.3, 0.4) is 0 Å². The van der Waals surface area contributed by atoms with E-state index in [-0.39, 0.29) is 18.3 Å². The fourth-order valence-corrected chi connectivity index (χ4v) is 3.75. The van der Waals surface area contributed by atoms with Gasteiger partial charge >= 0.3 is 5.97 Å². The lowest BCUT2D eigenvalue weighted by atomic mass is 9.89. The van der Waals surface area contributed by atoms with Crippen molar-refractivity contribution < 1.29 is 19.1 Å². The van der Waals surface area contributed by atoms with E-state index >= 15 is 0 Å². The summed E-state index contributed by atoms with van der Waals surface area (Å²) in [4.78, 5) is 25.2. The van der Waals surface area contributed by atoms with Gasteiger partial charge in [0.2, 0.25) is 5.91 Å². The van der Waals surface area contributed by atoms with Crippen LogP contribution in [0.4, 0.5) is 0 Å². The van der Waals surface area contributed by atoms with Crippen molar-refractivity contribution in [2.45, 2.75) is 64.3 Å². The van der Waals surface area contributed by atoms with Crippen LogP contribution in [0.5, 0.6) is 5.75 Å². The predicted octanol–water partition coefficient (Wildman–Crippen LogP) is 3.24. The lowest BCUT2D eigenvalue weighted by molar-refractivity contribution is -0.151. The summed E-state index contributed by atoms with van der Waals surface area (Å²) in [6, 6.07) is 3.96. The van der Waals surface area contributed by atoms with Crippen LogP contribution in [0, 0.1) is 13.8 Å². The van der Waals surface area contributed by atoms with Gasteiger partial charge < -0.3 is 14.8 Å². The van der Waals surface area contributed by atoms with Gasteiger partial charge in [0, 0.05) is 5.56 Å². The van der Waals surface area contributed by atoms with Gasteiger partial charge in [0.25, 0.3) is 0 Å². The van der Waals surface area contributed by atoms with Crippen molar-refractivity contribution >= 4 is 11.9 Å². The number of carbonyl (C=O) groups excluding carboxylic acids is 2. The van der Waals surface area contributed by atoms with Gasteiger partial charge in [0.15, 0.2) is 0 Å². The molecule has 138 valence electrons. The average Bonchev–Trinajstić information content (AvgIpc) is 2.82. The molecular formula is C20H29NO4. The zero-order valence-electron chi connectivity index (χ0n) is 15.7. The van der Waals surface area contributed by atoms with Crippen LogP contribution in [-0.2, 0) is 20.7 Å². The maximum Gasteiger partial charge on any atom is 0.331 e. The Hall–Kier alpha value is -2.04. The molecule has 1 saturated carbocycles. The molecular weight excluding hydrogens is 318 g/mol. The predicted molar refractivity (Wildman–Crippen MR) is 96.8 cm³/mol. The van der Waals surface area contributed by atoms with Crippen molar-refractivity contribution in [3.05, 3.63) is 28.8 Å². The van der Waals surface area contributed by atoms with Crippen LogP contribution in [0.25, 0.3) is 0 Å². The molecule has 0 bridgehead atoms. The van der Waals surface area contributed by atoms with E-state index in [1.807, 2.05) is 26.0 Å². The summed E-state index contributed by atoms with van der Waals surface area (Å²) in [6.45, 7) is 3.97. The molecule has 0 heterocycles. The van der Waals surface area contributed by atoms with E-state index in [0.717, 1.165) is 42.4 Å². The van der Waals surface area contributed by atoms with Gasteiger partial charge in [-0.15, -0.1) is 0 Å². The molecule has 5 nitrogen and oxygen atoms in total. The van der Waals surface area contributed by atoms with Gasteiger partial charge in [-0.05, 0) is 43.9 Å². The molecule has 0 spiro atoms. The number of methoxy groups -OCH3 is 2. The topological polar surface area (TPSA) is 64.6 Å². The first-order chi connectivity index (χ1) is 11.9. The van der Waals surface area contributed by atoms with Gasteiger partial charge in [0.1, 0.15) is 11.3 Å². The third-order valence-corrected chi connectivity index (χ3v) is 5.05. The molecule has 1 N–H and O–H groups in total. The number of nitrogens with one attached hydrogen (secondary N) is 1. The molecule has 1 aliphatic carbocycles. The first-order valence-corrected chi connectivity index (χ1v) is 8.95. The Labute approximate surface area is 150 Å². The van der Waals surface area contributed by atoms with Gasteiger partial charge in [-0.1, -0.05) is 31.7 Å². The lowest BCUT2D eigenvalue weighted by Crippen LogP contribution is -2.55. The number of amides is 1. The number of ether oxygens (including phenoxy) is 2. The number of esters is 1. The van der Waals surface area contributed by atoms with E-state index in [1.54, 1.807) is 7.11 Å². The average molecular weight is 347 g/mol. The Morgan fingerprint density at radius 1 is 1.08 bits per heavy atom. The molecule has 1 amide bonds. The minimum absolute atomic E-state index is 0.169. The van der Waals surface area contributed by atoms with Gasteiger partial charge in [-0.2, -0.15) is 0 Å². The standard InChI is InChI=1S/C20H29NO4/c1-14-11-15(2)16(17(12-14)24-3)13-18(22)21-20(19(23)25-4)9-7-5-6-8-10-20/h11-12H,5-10,13H2,1-4H3,(H,21,22). The van der Waals surface area contributed by atoms with E-state index in [1.165, 1.54) is 7.11 Å². The summed E-state index contributed by atoms with van der Waals surface area (Å²) in [5.41, 5.74) is 2.07. The summed E-state index contributed by atoms with van der Waals surface area (Å²) in [7, 11) is 2.99. The second-order valence-corrected chi connectivity index (χ2v) is 6.98. The number of carbonyl (C=O) groups is 2. The molecule has 0 radical (unpaired) electrons. The summed E-state index contributed by atoms with van der Waals surface area (Å²) in [5, 5.41) is 3.00. The third kappa shape index (κ3) is 4.53. The quantitative estimate of drug-likeness (QED) is 0.656. The molecule has 1 aromatic carbocycles. The summed E-state index contributed by atoms with van der Waals surface area (Å²) in [5.74, 6) is 0.202. The normalized spacial score (nSPS) is 16.6. The molecule has 0 atom stereocenters. The van der Waals surface area contributed by atoms with Crippen LogP contribution >= 0.6 is 0 Å². The number of hydrogen-bond acceptors (Lipinski definition) is 4. The molecule has 5 heteroatoms. The van der Waals surface area contributed by atoms with Crippen LogP contribution in [0.1, 0.15) is 55.2 Å². The van der Waals surface area contributed by atoms with Crippen molar-refractivity contribution in [2.24, 2.45) is 0 Å². The summed E-state index contributed by atoms with van der Waals surface area (Å²) >= 11 is 0. The van der Waals surface area contributed by atoms with Crippen molar-refractivity contribution in [3.8, 4) is 5.75 Å². The molecule has 0 aliphatic heterocycles. The Morgan fingerprint density at radius 2 is 1.72 bits per heavy atom. The van der Waals surface area contributed by atoms with Crippen LogP contribution in [0.15, 0.2) is 12.1 Å². The Balaban J connectivity index is 2.21. The summed E-state index contributed by atoms with van der Waals surface area (Å²) in [6.07, 6.45) is 5.46. The number of benzene rings is 1. The van der Waals surface area contributed by atoms with E-state index < -0.39 is 5.54 Å². The highest BCUT2D eigenvalue weighted by Crippen LogP contribution is 2.29. The molecule has 2 rings (SSSR count). The molecule has 25 heavy (non-hydrogen) atoms. The van der Waals surface area contributed by atoms with Crippen molar-refractivity contribution in [1.82, 2.24) is 5.32 Å². The Bertz CT molecular complexity index is 631. The minimum Gasteiger partial charge on any atom is -0.496 e. The van der Waals surface area contributed by atoms with E-state index in [9.17, 15) is 9.59 Å². The third-order valence-electron chi connectivity index (χ3n) is 5.05. The highest BCUT2D eigenvalue weighted by molar-refractivity contribution is 5.89. The first kappa shape index (κ1) is 19.3. The maximum absolute atomic E-state index is 12.7. The number of hydrogen-bond donors (Lipinski definition) is 1. The molecule has 1 aliphatic rings. The second-order valence-electron chi connectivity index (χ2n) is 6.98. The molecule has 0 unspecified atom stereocenters. The highest BCUT2D eigenvalue weighted by atomic mass is 16.5. The minimum atomic E-state index is -0.895.